The Morgan fingerprint density at radius 2 is 1.94 bits per heavy atom. The zero-order valence-corrected chi connectivity index (χ0v) is 12.1. The van der Waals surface area contributed by atoms with E-state index in [0.717, 1.165) is 38.9 Å². The second-order valence-corrected chi connectivity index (χ2v) is 6.79. The lowest BCUT2D eigenvalue weighted by Crippen LogP contribution is -2.45. The molecule has 4 nitrogen and oxygen atoms in total. The van der Waals surface area contributed by atoms with E-state index in [1.165, 1.54) is 0 Å². The minimum atomic E-state index is -3.10. The largest absolute Gasteiger partial charge is 0.303 e. The van der Waals surface area contributed by atoms with Crippen molar-refractivity contribution in [2.75, 3.05) is 31.3 Å². The molecule has 0 spiro atoms. The number of rotatable bonds is 7. The van der Waals surface area contributed by atoms with E-state index in [1.54, 1.807) is 0 Å². The zero-order valence-electron chi connectivity index (χ0n) is 10.5. The van der Waals surface area contributed by atoms with Gasteiger partial charge in [-0.2, -0.15) is 0 Å². The first-order chi connectivity index (χ1) is 8.07. The topological polar surface area (TPSA) is 49.4 Å². The number of nitrogens with one attached hydrogen (secondary N) is 1. The van der Waals surface area contributed by atoms with E-state index in [1.807, 2.05) is 0 Å². The van der Waals surface area contributed by atoms with Crippen molar-refractivity contribution >= 4 is 21.6 Å². The van der Waals surface area contributed by atoms with Gasteiger partial charge >= 0.3 is 0 Å². The van der Waals surface area contributed by atoms with Crippen molar-refractivity contribution in [2.45, 2.75) is 38.6 Å². The molecule has 0 aromatic heterocycles. The van der Waals surface area contributed by atoms with Gasteiger partial charge in [-0.1, -0.05) is 6.92 Å². The van der Waals surface area contributed by atoms with Gasteiger partial charge in [-0.25, -0.2) is 13.1 Å². The number of hydrogen-bond acceptors (Lipinski definition) is 3. The summed E-state index contributed by atoms with van der Waals surface area (Å²) >= 11 is 5.53. The molecule has 0 aromatic carbocycles. The number of nitrogens with zero attached hydrogens (tertiary/aromatic N) is 1. The normalized spacial score (nSPS) is 19.6. The number of hydrogen-bond donors (Lipinski definition) is 1. The van der Waals surface area contributed by atoms with E-state index in [0.29, 0.717) is 12.3 Å². The average molecular weight is 283 g/mol. The standard InChI is InChI=1S/C11H23ClN2O2S/c1-2-14-8-5-11(6-9-14)13-17(15,16)10-4-3-7-12/h11,13H,2-10H2,1H3. The zero-order chi connectivity index (χ0) is 12.7. The third kappa shape index (κ3) is 6.04. The molecule has 0 saturated carbocycles. The molecule has 1 aliphatic rings. The molecule has 0 amide bonds. The summed E-state index contributed by atoms with van der Waals surface area (Å²) in [6.45, 7) is 5.17. The maximum Gasteiger partial charge on any atom is 0.211 e. The first kappa shape index (κ1) is 15.2. The van der Waals surface area contributed by atoms with Gasteiger partial charge in [-0.05, 0) is 45.3 Å². The molecule has 0 aliphatic carbocycles. The molecule has 1 rings (SSSR count). The molecule has 0 bridgehead atoms. The van der Waals surface area contributed by atoms with Crippen molar-refractivity contribution < 1.29 is 8.42 Å². The average Bonchev–Trinajstić information content (AvgIpc) is 2.30. The summed E-state index contributed by atoms with van der Waals surface area (Å²) < 4.78 is 26.3. The van der Waals surface area contributed by atoms with Crippen LogP contribution in [0.3, 0.4) is 0 Å². The van der Waals surface area contributed by atoms with E-state index in [9.17, 15) is 8.42 Å². The van der Waals surface area contributed by atoms with Crippen LogP contribution in [0, 0.1) is 0 Å². The summed E-state index contributed by atoms with van der Waals surface area (Å²) in [4.78, 5) is 2.35. The van der Waals surface area contributed by atoms with Crippen LogP contribution in [-0.2, 0) is 10.0 Å². The van der Waals surface area contributed by atoms with Crippen molar-refractivity contribution in [3.8, 4) is 0 Å². The van der Waals surface area contributed by atoms with E-state index in [-0.39, 0.29) is 11.8 Å². The molecule has 1 aliphatic heterocycles. The number of piperidine rings is 1. The Bertz CT molecular complexity index is 301. The van der Waals surface area contributed by atoms with Crippen LogP contribution in [0.4, 0.5) is 0 Å². The highest BCUT2D eigenvalue weighted by atomic mass is 35.5. The predicted octanol–water partition coefficient (Wildman–Crippen LogP) is 1.41. The number of likely N-dealkylation sites (tertiary alicyclic amines) is 1. The molecular formula is C11H23ClN2O2S. The molecular weight excluding hydrogens is 260 g/mol. The van der Waals surface area contributed by atoms with Crippen LogP contribution in [0.15, 0.2) is 0 Å². The fourth-order valence-corrected chi connectivity index (χ4v) is 3.70. The van der Waals surface area contributed by atoms with Gasteiger partial charge in [0.05, 0.1) is 5.75 Å². The lowest BCUT2D eigenvalue weighted by atomic mass is 10.1. The molecule has 0 radical (unpaired) electrons. The molecule has 1 heterocycles. The number of unbranched alkanes of at least 4 members (excludes halogenated alkanes) is 1. The fourth-order valence-electron chi connectivity index (χ4n) is 2.07. The summed E-state index contributed by atoms with van der Waals surface area (Å²) in [6, 6.07) is 0.124. The van der Waals surface area contributed by atoms with Gasteiger partial charge in [0, 0.05) is 11.9 Å². The van der Waals surface area contributed by atoms with Crippen LogP contribution in [0.2, 0.25) is 0 Å². The van der Waals surface area contributed by atoms with E-state index in [4.69, 9.17) is 11.6 Å². The maximum absolute atomic E-state index is 11.8. The van der Waals surface area contributed by atoms with Crippen LogP contribution in [-0.4, -0.2) is 50.6 Å². The Labute approximate surface area is 110 Å². The monoisotopic (exact) mass is 282 g/mol. The van der Waals surface area contributed by atoms with Crippen LogP contribution >= 0.6 is 11.6 Å². The second kappa shape index (κ2) is 7.56. The number of halogens is 1. The highest BCUT2D eigenvalue weighted by Gasteiger charge is 2.22. The SMILES string of the molecule is CCN1CCC(NS(=O)(=O)CCCCCl)CC1. The quantitative estimate of drug-likeness (QED) is 0.567. The van der Waals surface area contributed by atoms with Crippen LogP contribution in [0.25, 0.3) is 0 Å². The first-order valence-corrected chi connectivity index (χ1v) is 8.54. The number of sulfonamides is 1. The molecule has 102 valence electrons. The summed E-state index contributed by atoms with van der Waals surface area (Å²) in [6.07, 6.45) is 3.24. The highest BCUT2D eigenvalue weighted by molar-refractivity contribution is 7.89. The Kier molecular flexibility index (Phi) is 6.77. The van der Waals surface area contributed by atoms with Crippen LogP contribution < -0.4 is 4.72 Å². The van der Waals surface area contributed by atoms with Crippen molar-refractivity contribution in [3.63, 3.8) is 0 Å². The smallest absolute Gasteiger partial charge is 0.211 e. The fraction of sp³-hybridized carbons (Fsp3) is 1.00. The van der Waals surface area contributed by atoms with Crippen LogP contribution in [0.5, 0.6) is 0 Å². The predicted molar refractivity (Wildman–Crippen MR) is 72.0 cm³/mol. The number of alkyl halides is 1. The van der Waals surface area contributed by atoms with Gasteiger partial charge < -0.3 is 4.90 Å². The van der Waals surface area contributed by atoms with Gasteiger partial charge in [0.1, 0.15) is 0 Å². The van der Waals surface area contributed by atoms with Crippen LogP contribution in [0.1, 0.15) is 32.6 Å². The van der Waals surface area contributed by atoms with Crippen molar-refractivity contribution in [1.29, 1.82) is 0 Å². The summed E-state index contributed by atoms with van der Waals surface area (Å²) in [5.41, 5.74) is 0. The third-order valence-electron chi connectivity index (χ3n) is 3.18. The molecule has 1 fully saturated rings. The second-order valence-electron chi connectivity index (χ2n) is 4.54. The van der Waals surface area contributed by atoms with Gasteiger partial charge in [0.2, 0.25) is 10.0 Å². The molecule has 6 heteroatoms. The van der Waals surface area contributed by atoms with Gasteiger partial charge in [-0.3, -0.25) is 0 Å². The Morgan fingerprint density at radius 1 is 1.29 bits per heavy atom. The van der Waals surface area contributed by atoms with Gasteiger partial charge in [0.25, 0.3) is 0 Å². The summed E-state index contributed by atoms with van der Waals surface area (Å²) in [5.74, 6) is 0.734. The summed E-state index contributed by atoms with van der Waals surface area (Å²) in [7, 11) is -3.10. The Hall–Kier alpha value is 0.160. The van der Waals surface area contributed by atoms with Gasteiger partial charge in [0.15, 0.2) is 0 Å². The van der Waals surface area contributed by atoms with E-state index < -0.39 is 10.0 Å². The van der Waals surface area contributed by atoms with Crippen molar-refractivity contribution in [3.05, 3.63) is 0 Å². The van der Waals surface area contributed by atoms with E-state index >= 15 is 0 Å². The minimum Gasteiger partial charge on any atom is -0.303 e. The van der Waals surface area contributed by atoms with Crippen molar-refractivity contribution in [2.24, 2.45) is 0 Å². The highest BCUT2D eigenvalue weighted by Crippen LogP contribution is 2.11. The Morgan fingerprint density at radius 3 is 2.47 bits per heavy atom. The molecule has 0 atom stereocenters. The summed E-state index contributed by atoms with van der Waals surface area (Å²) in [5, 5.41) is 0. The molecule has 1 N–H and O–H groups in total. The molecule has 0 aromatic rings. The van der Waals surface area contributed by atoms with Gasteiger partial charge in [-0.15, -0.1) is 11.6 Å². The first-order valence-electron chi connectivity index (χ1n) is 6.35. The maximum atomic E-state index is 11.8. The Balaban J connectivity index is 2.28. The minimum absolute atomic E-state index is 0.124. The molecule has 0 unspecified atom stereocenters. The third-order valence-corrected chi connectivity index (χ3v) is 4.96. The lowest BCUT2D eigenvalue weighted by Gasteiger charge is -2.31. The lowest BCUT2D eigenvalue weighted by molar-refractivity contribution is 0.217. The van der Waals surface area contributed by atoms with Crippen molar-refractivity contribution in [1.82, 2.24) is 9.62 Å². The molecule has 17 heavy (non-hydrogen) atoms. The molecule has 1 saturated heterocycles. The van der Waals surface area contributed by atoms with E-state index in [2.05, 4.69) is 16.5 Å².